The molecule has 0 saturated carbocycles. The molecule has 0 N–H and O–H groups in total. The number of halogens is 4. The van der Waals surface area contributed by atoms with Gasteiger partial charge in [-0.2, -0.15) is 13.2 Å². The SMILES string of the molecule is CC1CCN(C(=O)c2cc(I)cc(C(F)(F)F)c2)CC1. The second kappa shape index (κ2) is 5.91. The summed E-state index contributed by atoms with van der Waals surface area (Å²) in [6, 6.07) is 3.51. The minimum atomic E-state index is -4.42. The highest BCUT2D eigenvalue weighted by atomic mass is 127. The van der Waals surface area contributed by atoms with E-state index in [1.54, 1.807) is 4.90 Å². The lowest BCUT2D eigenvalue weighted by molar-refractivity contribution is -0.137. The standard InChI is InChI=1S/C14H15F3INO/c1-9-2-4-19(5-3-9)13(20)10-6-11(14(15,16)17)8-12(18)7-10/h6-9H,2-5H2,1H3. The van der Waals surface area contributed by atoms with Crippen LogP contribution in [0.1, 0.15) is 35.7 Å². The Morgan fingerprint density at radius 1 is 1.25 bits per heavy atom. The number of carbonyl (C=O) groups is 1. The van der Waals surface area contributed by atoms with Crippen LogP contribution < -0.4 is 0 Å². The molecule has 1 amide bonds. The molecule has 1 saturated heterocycles. The van der Waals surface area contributed by atoms with E-state index in [-0.39, 0.29) is 11.5 Å². The van der Waals surface area contributed by atoms with Crippen molar-refractivity contribution in [1.82, 2.24) is 4.90 Å². The fourth-order valence-corrected chi connectivity index (χ4v) is 2.94. The summed E-state index contributed by atoms with van der Waals surface area (Å²) in [5.74, 6) is 0.265. The number of nitrogens with zero attached hydrogens (tertiary/aromatic N) is 1. The number of amides is 1. The molecule has 1 heterocycles. The minimum Gasteiger partial charge on any atom is -0.339 e. The normalized spacial score (nSPS) is 17.4. The summed E-state index contributed by atoms with van der Waals surface area (Å²) in [5.41, 5.74) is -0.642. The first-order valence-corrected chi connectivity index (χ1v) is 7.52. The predicted molar refractivity (Wildman–Crippen MR) is 78.5 cm³/mol. The Labute approximate surface area is 129 Å². The second-order valence-electron chi connectivity index (χ2n) is 5.20. The van der Waals surface area contributed by atoms with Gasteiger partial charge in [0, 0.05) is 22.2 Å². The van der Waals surface area contributed by atoms with Gasteiger partial charge in [0.1, 0.15) is 0 Å². The van der Waals surface area contributed by atoms with Gasteiger partial charge in [0.25, 0.3) is 5.91 Å². The van der Waals surface area contributed by atoms with E-state index in [0.29, 0.717) is 22.6 Å². The van der Waals surface area contributed by atoms with E-state index in [1.807, 2.05) is 22.6 Å². The van der Waals surface area contributed by atoms with Gasteiger partial charge in [0.05, 0.1) is 5.56 Å². The van der Waals surface area contributed by atoms with Gasteiger partial charge in [-0.3, -0.25) is 4.79 Å². The van der Waals surface area contributed by atoms with Crippen molar-refractivity contribution in [2.45, 2.75) is 25.9 Å². The molecule has 1 aromatic rings. The average Bonchev–Trinajstić information content (AvgIpc) is 2.37. The number of piperidine rings is 1. The second-order valence-corrected chi connectivity index (χ2v) is 6.45. The Balaban J connectivity index is 2.24. The highest BCUT2D eigenvalue weighted by Gasteiger charge is 2.32. The van der Waals surface area contributed by atoms with Gasteiger partial charge in [0.2, 0.25) is 0 Å². The molecular formula is C14H15F3INO. The van der Waals surface area contributed by atoms with E-state index >= 15 is 0 Å². The van der Waals surface area contributed by atoms with Crippen LogP contribution in [-0.4, -0.2) is 23.9 Å². The van der Waals surface area contributed by atoms with Crippen LogP contribution in [0, 0.1) is 9.49 Å². The number of benzene rings is 1. The van der Waals surface area contributed by atoms with Gasteiger partial charge >= 0.3 is 6.18 Å². The van der Waals surface area contributed by atoms with Gasteiger partial charge in [-0.25, -0.2) is 0 Å². The Morgan fingerprint density at radius 3 is 2.40 bits per heavy atom. The maximum absolute atomic E-state index is 12.8. The smallest absolute Gasteiger partial charge is 0.339 e. The molecule has 0 aliphatic carbocycles. The van der Waals surface area contributed by atoms with Crippen LogP contribution in [0.5, 0.6) is 0 Å². The van der Waals surface area contributed by atoms with Crippen molar-refractivity contribution in [2.24, 2.45) is 5.92 Å². The van der Waals surface area contributed by atoms with E-state index in [9.17, 15) is 18.0 Å². The summed E-state index contributed by atoms with van der Waals surface area (Å²) in [4.78, 5) is 13.9. The van der Waals surface area contributed by atoms with Crippen LogP contribution in [0.15, 0.2) is 18.2 Å². The zero-order valence-corrected chi connectivity index (χ0v) is 13.2. The fourth-order valence-electron chi connectivity index (χ4n) is 2.27. The van der Waals surface area contributed by atoms with Gasteiger partial charge < -0.3 is 4.90 Å². The Kier molecular flexibility index (Phi) is 4.61. The molecule has 20 heavy (non-hydrogen) atoms. The van der Waals surface area contributed by atoms with E-state index in [0.717, 1.165) is 25.0 Å². The number of alkyl halides is 3. The molecule has 6 heteroatoms. The highest BCUT2D eigenvalue weighted by Crippen LogP contribution is 2.31. The maximum atomic E-state index is 12.8. The molecule has 0 radical (unpaired) electrons. The summed E-state index contributed by atoms with van der Waals surface area (Å²) in [6.07, 6.45) is -2.61. The van der Waals surface area contributed by atoms with Gasteiger partial charge in [0.15, 0.2) is 0 Å². The lowest BCUT2D eigenvalue weighted by Gasteiger charge is -2.30. The maximum Gasteiger partial charge on any atom is 0.416 e. The van der Waals surface area contributed by atoms with Crippen LogP contribution >= 0.6 is 22.6 Å². The third kappa shape index (κ3) is 3.65. The van der Waals surface area contributed by atoms with Crippen LogP contribution in [0.25, 0.3) is 0 Å². The van der Waals surface area contributed by atoms with Crippen LogP contribution in [0.2, 0.25) is 0 Å². The summed E-state index contributed by atoms with van der Waals surface area (Å²) in [6.45, 7) is 3.36. The molecule has 110 valence electrons. The third-order valence-electron chi connectivity index (χ3n) is 3.54. The molecule has 2 rings (SSSR count). The topological polar surface area (TPSA) is 20.3 Å². The van der Waals surface area contributed by atoms with E-state index in [4.69, 9.17) is 0 Å². The average molecular weight is 397 g/mol. The van der Waals surface area contributed by atoms with Crippen LogP contribution in [0.4, 0.5) is 13.2 Å². The third-order valence-corrected chi connectivity index (χ3v) is 4.17. The first-order valence-electron chi connectivity index (χ1n) is 6.44. The molecule has 0 atom stereocenters. The zero-order valence-electron chi connectivity index (χ0n) is 11.0. The number of carbonyl (C=O) groups excluding carboxylic acids is 1. The summed E-state index contributed by atoms with van der Waals surface area (Å²) in [5, 5.41) is 0. The molecule has 0 bridgehead atoms. The van der Waals surface area contributed by atoms with Crippen molar-refractivity contribution in [3.05, 3.63) is 32.9 Å². The van der Waals surface area contributed by atoms with Crippen molar-refractivity contribution in [3.63, 3.8) is 0 Å². The molecule has 1 aliphatic heterocycles. The van der Waals surface area contributed by atoms with Crippen molar-refractivity contribution < 1.29 is 18.0 Å². The van der Waals surface area contributed by atoms with Crippen molar-refractivity contribution in [1.29, 1.82) is 0 Å². The monoisotopic (exact) mass is 397 g/mol. The Hall–Kier alpha value is -0.790. The number of hydrogen-bond acceptors (Lipinski definition) is 1. The number of rotatable bonds is 1. The van der Waals surface area contributed by atoms with Crippen LogP contribution in [-0.2, 0) is 6.18 Å². The fraction of sp³-hybridized carbons (Fsp3) is 0.500. The molecule has 1 aliphatic rings. The first kappa shape index (κ1) is 15.6. The molecule has 1 aromatic carbocycles. The molecule has 2 nitrogen and oxygen atoms in total. The summed E-state index contributed by atoms with van der Waals surface area (Å²) in [7, 11) is 0. The molecular weight excluding hydrogens is 382 g/mol. The molecule has 0 unspecified atom stereocenters. The van der Waals surface area contributed by atoms with Gasteiger partial charge in [-0.05, 0) is 59.5 Å². The van der Waals surface area contributed by atoms with Crippen molar-refractivity contribution >= 4 is 28.5 Å². The largest absolute Gasteiger partial charge is 0.416 e. The van der Waals surface area contributed by atoms with Gasteiger partial charge in [-0.1, -0.05) is 6.92 Å². The summed E-state index contributed by atoms with van der Waals surface area (Å²) >= 11 is 1.81. The van der Waals surface area contributed by atoms with E-state index < -0.39 is 11.7 Å². The predicted octanol–water partition coefficient (Wildman–Crippen LogP) is 4.18. The Bertz CT molecular complexity index is 508. The number of likely N-dealkylation sites (tertiary alicyclic amines) is 1. The van der Waals surface area contributed by atoms with Gasteiger partial charge in [-0.15, -0.1) is 0 Å². The lowest BCUT2D eigenvalue weighted by Crippen LogP contribution is -2.38. The highest BCUT2D eigenvalue weighted by molar-refractivity contribution is 14.1. The quantitative estimate of drug-likeness (QED) is 0.652. The minimum absolute atomic E-state index is 0.124. The van der Waals surface area contributed by atoms with Crippen LogP contribution in [0.3, 0.4) is 0 Å². The first-order chi connectivity index (χ1) is 9.27. The zero-order chi connectivity index (χ0) is 14.9. The van der Waals surface area contributed by atoms with E-state index in [2.05, 4.69) is 6.92 Å². The Morgan fingerprint density at radius 2 is 1.85 bits per heavy atom. The van der Waals surface area contributed by atoms with Crippen molar-refractivity contribution in [3.8, 4) is 0 Å². The number of hydrogen-bond donors (Lipinski definition) is 0. The van der Waals surface area contributed by atoms with E-state index in [1.165, 1.54) is 6.07 Å². The lowest BCUT2D eigenvalue weighted by atomic mass is 9.98. The molecule has 0 spiro atoms. The summed E-state index contributed by atoms with van der Waals surface area (Å²) < 4.78 is 38.8. The molecule has 1 fully saturated rings. The van der Waals surface area contributed by atoms with Crippen molar-refractivity contribution in [2.75, 3.05) is 13.1 Å². The molecule has 0 aromatic heterocycles.